The molecule has 0 heterocycles. The van der Waals surface area contributed by atoms with Gasteiger partial charge in [-0.1, -0.05) is 23.4 Å². The van der Waals surface area contributed by atoms with Gasteiger partial charge in [0.15, 0.2) is 0 Å². The smallest absolute Gasteiger partial charge is 0.125 e. The lowest BCUT2D eigenvalue weighted by Crippen LogP contribution is -2.33. The molecule has 0 aromatic heterocycles. The molecular formula is C21H19NO5. The third-order valence-electron chi connectivity index (χ3n) is 6.09. The Morgan fingerprint density at radius 3 is 2.59 bits per heavy atom. The van der Waals surface area contributed by atoms with Gasteiger partial charge in [-0.2, -0.15) is 0 Å². The minimum absolute atomic E-state index is 0.0426. The molecule has 2 aromatic rings. The maximum atomic E-state index is 11.0. The van der Waals surface area contributed by atoms with Crippen molar-refractivity contribution in [1.82, 2.24) is 0 Å². The number of aromatic hydroxyl groups is 2. The average Bonchev–Trinajstić information content (AvgIpc) is 3.00. The molecule has 138 valence electrons. The number of benzene rings is 2. The first kappa shape index (κ1) is 16.4. The first-order valence-corrected chi connectivity index (χ1v) is 8.92. The number of hydrogen-bond acceptors (Lipinski definition) is 6. The number of phenolic OH excluding ortho intramolecular Hbond substituents is 2. The lowest BCUT2D eigenvalue weighted by Gasteiger charge is -2.37. The predicted molar refractivity (Wildman–Crippen MR) is 99.1 cm³/mol. The molecule has 3 aliphatic carbocycles. The lowest BCUT2D eigenvalue weighted by molar-refractivity contribution is -0.0234. The quantitative estimate of drug-likeness (QED) is 0.459. The van der Waals surface area contributed by atoms with E-state index in [1.165, 1.54) is 0 Å². The zero-order valence-corrected chi connectivity index (χ0v) is 14.7. The fourth-order valence-corrected chi connectivity index (χ4v) is 5.07. The second-order valence-corrected chi connectivity index (χ2v) is 7.22. The van der Waals surface area contributed by atoms with Gasteiger partial charge in [-0.05, 0) is 52.8 Å². The van der Waals surface area contributed by atoms with Gasteiger partial charge in [0.25, 0.3) is 0 Å². The summed E-state index contributed by atoms with van der Waals surface area (Å²) in [5.41, 5.74) is 6.14. The van der Waals surface area contributed by atoms with E-state index in [1.54, 1.807) is 25.3 Å². The number of nitrogens with zero attached hydrogens (tertiary/aromatic N) is 1. The Kier molecular flexibility index (Phi) is 3.38. The van der Waals surface area contributed by atoms with Crippen LogP contribution in [-0.2, 0) is 4.74 Å². The lowest BCUT2D eigenvalue weighted by atomic mass is 9.74. The SMILES string of the molecule is CO[C@@H]1C2C(=C3CC/C(=N/O)c4c(O)ccc2c43)c2cccc(O)c2[C@@H]1O. The van der Waals surface area contributed by atoms with Crippen LogP contribution in [0.4, 0.5) is 0 Å². The highest BCUT2D eigenvalue weighted by molar-refractivity contribution is 6.15. The highest BCUT2D eigenvalue weighted by Crippen LogP contribution is 2.60. The fraction of sp³-hybridized carbons (Fsp3) is 0.286. The predicted octanol–water partition coefficient (Wildman–Crippen LogP) is 3.14. The van der Waals surface area contributed by atoms with E-state index in [-0.39, 0.29) is 17.4 Å². The summed E-state index contributed by atoms with van der Waals surface area (Å²) in [5, 5.41) is 44.6. The van der Waals surface area contributed by atoms with Gasteiger partial charge in [0.05, 0.1) is 11.8 Å². The minimum atomic E-state index is -0.976. The molecule has 3 aliphatic rings. The Balaban J connectivity index is 1.89. The molecule has 0 fully saturated rings. The first-order valence-electron chi connectivity index (χ1n) is 8.92. The molecule has 0 amide bonds. The molecule has 5 rings (SSSR count). The van der Waals surface area contributed by atoms with Crippen molar-refractivity contribution < 1.29 is 25.3 Å². The summed E-state index contributed by atoms with van der Waals surface area (Å²) in [4.78, 5) is 0. The van der Waals surface area contributed by atoms with Crippen LogP contribution in [0.5, 0.6) is 11.5 Å². The van der Waals surface area contributed by atoms with Crippen molar-refractivity contribution >= 4 is 16.9 Å². The molecule has 3 atom stereocenters. The third-order valence-corrected chi connectivity index (χ3v) is 6.09. The van der Waals surface area contributed by atoms with E-state index in [2.05, 4.69) is 5.16 Å². The topological polar surface area (TPSA) is 103 Å². The highest BCUT2D eigenvalue weighted by atomic mass is 16.5. The summed E-state index contributed by atoms with van der Waals surface area (Å²) in [6.45, 7) is 0. The normalized spacial score (nSPS) is 26.7. The highest BCUT2D eigenvalue weighted by Gasteiger charge is 2.48. The summed E-state index contributed by atoms with van der Waals surface area (Å²) in [7, 11) is 1.55. The van der Waals surface area contributed by atoms with Crippen LogP contribution in [0.1, 0.15) is 52.7 Å². The van der Waals surface area contributed by atoms with E-state index >= 15 is 0 Å². The summed E-state index contributed by atoms with van der Waals surface area (Å²) in [5.74, 6) is -0.105. The Morgan fingerprint density at radius 2 is 1.85 bits per heavy atom. The molecule has 0 bridgehead atoms. The second kappa shape index (κ2) is 5.58. The van der Waals surface area contributed by atoms with Crippen LogP contribution in [0.15, 0.2) is 35.5 Å². The van der Waals surface area contributed by atoms with E-state index < -0.39 is 12.2 Å². The maximum Gasteiger partial charge on any atom is 0.125 e. The molecule has 6 heteroatoms. The fourth-order valence-electron chi connectivity index (χ4n) is 5.07. The van der Waals surface area contributed by atoms with E-state index in [0.29, 0.717) is 29.7 Å². The molecule has 0 saturated heterocycles. The molecule has 4 N–H and O–H groups in total. The molecule has 0 radical (unpaired) electrons. The number of aliphatic hydroxyl groups excluding tert-OH is 1. The number of hydrogen-bond donors (Lipinski definition) is 4. The van der Waals surface area contributed by atoms with Gasteiger partial charge < -0.3 is 25.3 Å². The average molecular weight is 365 g/mol. The van der Waals surface area contributed by atoms with Crippen molar-refractivity contribution in [2.45, 2.75) is 31.0 Å². The van der Waals surface area contributed by atoms with E-state index in [1.807, 2.05) is 12.1 Å². The number of phenols is 2. The Bertz CT molecular complexity index is 1040. The number of ether oxygens (including phenoxy) is 1. The minimum Gasteiger partial charge on any atom is -0.508 e. The summed E-state index contributed by atoms with van der Waals surface area (Å²) >= 11 is 0. The van der Waals surface area contributed by atoms with Crippen LogP contribution in [-0.4, -0.2) is 39.5 Å². The molecule has 0 saturated carbocycles. The monoisotopic (exact) mass is 365 g/mol. The molecule has 0 aliphatic heterocycles. The van der Waals surface area contributed by atoms with Gasteiger partial charge in [-0.3, -0.25) is 0 Å². The van der Waals surface area contributed by atoms with Crippen LogP contribution in [0.25, 0.3) is 11.1 Å². The van der Waals surface area contributed by atoms with Gasteiger partial charge in [-0.15, -0.1) is 0 Å². The number of aliphatic hydroxyl groups is 1. The molecule has 1 unspecified atom stereocenters. The van der Waals surface area contributed by atoms with Gasteiger partial charge in [0.1, 0.15) is 17.6 Å². The zero-order chi connectivity index (χ0) is 18.9. The summed E-state index contributed by atoms with van der Waals surface area (Å²) < 4.78 is 5.69. The Hall–Kier alpha value is -2.83. The molecule has 2 aromatic carbocycles. The van der Waals surface area contributed by atoms with Gasteiger partial charge in [-0.25, -0.2) is 0 Å². The van der Waals surface area contributed by atoms with E-state index in [4.69, 9.17) is 4.74 Å². The van der Waals surface area contributed by atoms with Gasteiger partial charge in [0.2, 0.25) is 0 Å². The molecule has 27 heavy (non-hydrogen) atoms. The van der Waals surface area contributed by atoms with Gasteiger partial charge in [0, 0.05) is 24.2 Å². The summed E-state index contributed by atoms with van der Waals surface area (Å²) in [6, 6.07) is 8.68. The van der Waals surface area contributed by atoms with Crippen molar-refractivity contribution in [3.05, 3.63) is 58.1 Å². The Labute approximate surface area is 155 Å². The van der Waals surface area contributed by atoms with E-state index in [9.17, 15) is 20.5 Å². The van der Waals surface area contributed by atoms with E-state index in [0.717, 1.165) is 27.8 Å². The molecular weight excluding hydrogens is 346 g/mol. The number of fused-ring (bicyclic) bond motifs is 4. The first-order chi connectivity index (χ1) is 13.1. The maximum absolute atomic E-state index is 11.0. The third kappa shape index (κ3) is 1.94. The number of rotatable bonds is 1. The number of allylic oxidation sites excluding steroid dienone is 1. The van der Waals surface area contributed by atoms with Crippen LogP contribution in [0, 0.1) is 0 Å². The number of oxime groups is 1. The summed E-state index contributed by atoms with van der Waals surface area (Å²) in [6.07, 6.45) is -0.394. The van der Waals surface area contributed by atoms with Crippen molar-refractivity contribution in [1.29, 1.82) is 0 Å². The number of methoxy groups -OCH3 is 1. The van der Waals surface area contributed by atoms with Crippen molar-refractivity contribution in [3.63, 3.8) is 0 Å². The van der Waals surface area contributed by atoms with Gasteiger partial charge >= 0.3 is 0 Å². The van der Waals surface area contributed by atoms with Crippen LogP contribution < -0.4 is 0 Å². The van der Waals surface area contributed by atoms with Crippen LogP contribution in [0.3, 0.4) is 0 Å². The largest absolute Gasteiger partial charge is 0.508 e. The van der Waals surface area contributed by atoms with Crippen molar-refractivity contribution in [2.24, 2.45) is 5.16 Å². The van der Waals surface area contributed by atoms with Crippen molar-refractivity contribution in [2.75, 3.05) is 7.11 Å². The standard InChI is InChI=1S/C21H19NO5/c1-27-21-18-11-6-8-14(24)19-12(22-26)7-5-10(16(11)19)15(18)9-3-2-4-13(23)17(9)20(21)25/h2-4,6,8,18,20-21,23-26H,5,7H2,1H3/b22-12-/t18?,20-,21+/m0/s1. The molecule has 0 spiro atoms. The van der Waals surface area contributed by atoms with Crippen LogP contribution in [0.2, 0.25) is 0 Å². The Morgan fingerprint density at radius 1 is 1.04 bits per heavy atom. The van der Waals surface area contributed by atoms with Crippen molar-refractivity contribution in [3.8, 4) is 11.5 Å². The second-order valence-electron chi connectivity index (χ2n) is 7.22. The molecule has 6 nitrogen and oxygen atoms in total. The van der Waals surface area contributed by atoms with Crippen LogP contribution >= 0.6 is 0 Å². The zero-order valence-electron chi connectivity index (χ0n) is 14.7.